The third-order valence-corrected chi connectivity index (χ3v) is 5.44. The van der Waals surface area contributed by atoms with Crippen LogP contribution in [-0.2, 0) is 9.59 Å². The summed E-state index contributed by atoms with van der Waals surface area (Å²) in [6.07, 6.45) is 10.8. The molecule has 0 fully saturated rings. The van der Waals surface area contributed by atoms with E-state index >= 15 is 0 Å². The quantitative estimate of drug-likeness (QED) is 0.341. The van der Waals surface area contributed by atoms with Crippen LogP contribution in [0.2, 0.25) is 0 Å². The Balaban J connectivity index is 2.47. The fourth-order valence-corrected chi connectivity index (χ4v) is 3.30. The van der Waals surface area contributed by atoms with Crippen molar-refractivity contribution in [2.75, 3.05) is 0 Å². The summed E-state index contributed by atoms with van der Waals surface area (Å²) in [4.78, 5) is 24.7. The summed E-state index contributed by atoms with van der Waals surface area (Å²) < 4.78 is 0. The average Bonchev–Trinajstić information content (AvgIpc) is 2.58. The highest BCUT2D eigenvalue weighted by Crippen LogP contribution is 2.28. The van der Waals surface area contributed by atoms with E-state index in [4.69, 9.17) is 0 Å². The predicted molar refractivity (Wildman–Crippen MR) is 111 cm³/mol. The molecule has 1 aliphatic rings. The van der Waals surface area contributed by atoms with Crippen LogP contribution < -0.4 is 0 Å². The second kappa shape index (κ2) is 10.4. The number of hydrogen-bond acceptors (Lipinski definition) is 2. The number of hydrogen-bond donors (Lipinski definition) is 0. The molecule has 26 heavy (non-hydrogen) atoms. The zero-order valence-electron chi connectivity index (χ0n) is 17.8. The highest BCUT2D eigenvalue weighted by molar-refractivity contribution is 6.24. The Hall–Kier alpha value is -1.70. The number of allylic oxidation sites excluding steroid dienone is 8. The maximum Gasteiger partial charge on any atom is 0.185 e. The predicted octanol–water partition coefficient (Wildman–Crippen LogP) is 6.68. The van der Waals surface area contributed by atoms with Crippen LogP contribution in [0.3, 0.4) is 0 Å². The van der Waals surface area contributed by atoms with Crippen molar-refractivity contribution in [1.82, 2.24) is 0 Å². The van der Waals surface area contributed by atoms with Crippen LogP contribution in [0.25, 0.3) is 0 Å². The van der Waals surface area contributed by atoms with E-state index in [0.717, 1.165) is 37.7 Å². The lowest BCUT2D eigenvalue weighted by Crippen LogP contribution is -2.21. The lowest BCUT2D eigenvalue weighted by atomic mass is 9.82. The van der Waals surface area contributed by atoms with E-state index in [1.807, 2.05) is 0 Å². The summed E-state index contributed by atoms with van der Waals surface area (Å²) in [5, 5.41) is 0. The summed E-state index contributed by atoms with van der Waals surface area (Å²) in [6.45, 7) is 14.1. The van der Waals surface area contributed by atoms with Crippen molar-refractivity contribution in [3.63, 3.8) is 0 Å². The average molecular weight is 357 g/mol. The molecule has 0 aliphatic heterocycles. The molecule has 1 rings (SSSR count). The molecule has 1 aliphatic carbocycles. The third-order valence-electron chi connectivity index (χ3n) is 5.44. The second-order valence-corrected chi connectivity index (χ2v) is 8.10. The number of carbonyl (C=O) groups is 2. The Morgan fingerprint density at radius 1 is 0.846 bits per heavy atom. The van der Waals surface area contributed by atoms with Gasteiger partial charge in [-0.1, -0.05) is 30.2 Å². The van der Waals surface area contributed by atoms with Gasteiger partial charge < -0.3 is 0 Å². The highest BCUT2D eigenvalue weighted by atomic mass is 16.1. The Labute approximate surface area is 160 Å². The van der Waals surface area contributed by atoms with Crippen molar-refractivity contribution in [3.8, 4) is 0 Å². The van der Waals surface area contributed by atoms with Crippen LogP contribution in [0.4, 0.5) is 0 Å². The van der Waals surface area contributed by atoms with Crippen molar-refractivity contribution in [1.29, 1.82) is 0 Å². The van der Waals surface area contributed by atoms with Crippen LogP contribution in [0, 0.1) is 5.92 Å². The molecule has 0 N–H and O–H groups in total. The van der Waals surface area contributed by atoms with Crippen molar-refractivity contribution in [3.05, 3.63) is 45.6 Å². The lowest BCUT2D eigenvalue weighted by Gasteiger charge is -2.20. The number of rotatable bonds is 9. The third kappa shape index (κ3) is 6.55. The molecule has 144 valence electrons. The molecule has 0 radical (unpaired) electrons. The monoisotopic (exact) mass is 356 g/mol. The van der Waals surface area contributed by atoms with Gasteiger partial charge in [0.1, 0.15) is 0 Å². The minimum absolute atomic E-state index is 0.0414. The van der Waals surface area contributed by atoms with E-state index in [2.05, 4.69) is 39.8 Å². The van der Waals surface area contributed by atoms with Crippen molar-refractivity contribution >= 4 is 11.6 Å². The summed E-state index contributed by atoms with van der Waals surface area (Å²) in [5.74, 6) is 0.661. The van der Waals surface area contributed by atoms with Gasteiger partial charge in [0.05, 0.1) is 0 Å². The van der Waals surface area contributed by atoms with Gasteiger partial charge in [-0.3, -0.25) is 9.59 Å². The van der Waals surface area contributed by atoms with Gasteiger partial charge >= 0.3 is 0 Å². The van der Waals surface area contributed by atoms with Gasteiger partial charge in [-0.05, 0) is 86.0 Å². The van der Waals surface area contributed by atoms with Gasteiger partial charge in [0, 0.05) is 22.3 Å². The molecule has 0 aromatic rings. The summed E-state index contributed by atoms with van der Waals surface area (Å²) in [6, 6.07) is 0. The van der Waals surface area contributed by atoms with Gasteiger partial charge in [0.2, 0.25) is 0 Å². The molecule has 0 saturated carbocycles. The topological polar surface area (TPSA) is 34.1 Å². The molecule has 0 aromatic heterocycles. The standard InChI is InChI=1S/C24H36O2/c1-16(2)10-8-11-17(3)12-9-13-18(4)14-15-22-21(7)23(25)19(5)20(6)24(22)26/h10,12,18H,8-9,11,13-15H2,1-7H3/b17-12+/t18-/m1/s1. The molecule has 1 atom stereocenters. The van der Waals surface area contributed by atoms with E-state index in [0.29, 0.717) is 29.1 Å². The normalized spacial score (nSPS) is 17.1. The molecule has 0 spiro atoms. The molecule has 0 heterocycles. The molecular formula is C24H36O2. The molecule has 0 amide bonds. The first-order chi connectivity index (χ1) is 12.1. The first-order valence-electron chi connectivity index (χ1n) is 9.90. The van der Waals surface area contributed by atoms with Gasteiger partial charge in [0.15, 0.2) is 11.6 Å². The molecule has 0 aromatic carbocycles. The van der Waals surface area contributed by atoms with E-state index in [1.165, 1.54) is 11.1 Å². The fraction of sp³-hybridized carbons (Fsp3) is 0.583. The maximum absolute atomic E-state index is 12.5. The van der Waals surface area contributed by atoms with Crippen LogP contribution in [0.1, 0.15) is 87.0 Å². The Kier molecular flexibility index (Phi) is 8.98. The molecule has 2 nitrogen and oxygen atoms in total. The highest BCUT2D eigenvalue weighted by Gasteiger charge is 2.27. The minimum atomic E-state index is 0.0414. The number of carbonyl (C=O) groups excluding carboxylic acids is 2. The van der Waals surface area contributed by atoms with E-state index in [9.17, 15) is 9.59 Å². The molecule has 2 heteroatoms. The van der Waals surface area contributed by atoms with Gasteiger partial charge in [-0.2, -0.15) is 0 Å². The smallest absolute Gasteiger partial charge is 0.185 e. The SMILES string of the molecule is CC(C)=CCC/C(C)=C/CC[C@@H](C)CCC1=C(C)C(=O)C(C)=C(C)C1=O. The van der Waals surface area contributed by atoms with Crippen LogP contribution in [0.15, 0.2) is 45.6 Å². The Bertz CT molecular complexity index is 664. The van der Waals surface area contributed by atoms with Crippen molar-refractivity contribution in [2.45, 2.75) is 87.0 Å². The summed E-state index contributed by atoms with van der Waals surface area (Å²) in [5.41, 5.74) is 5.46. The zero-order valence-corrected chi connectivity index (χ0v) is 17.8. The van der Waals surface area contributed by atoms with Crippen molar-refractivity contribution < 1.29 is 9.59 Å². The second-order valence-electron chi connectivity index (χ2n) is 8.10. The fourth-order valence-electron chi connectivity index (χ4n) is 3.30. The van der Waals surface area contributed by atoms with E-state index < -0.39 is 0 Å². The maximum atomic E-state index is 12.5. The van der Waals surface area contributed by atoms with Gasteiger partial charge in [-0.25, -0.2) is 0 Å². The minimum Gasteiger partial charge on any atom is -0.289 e. The van der Waals surface area contributed by atoms with Gasteiger partial charge in [-0.15, -0.1) is 0 Å². The zero-order chi connectivity index (χ0) is 19.9. The number of Topliss-reactive ketones (excluding diaryl/α,β-unsaturated/α-hetero) is 2. The summed E-state index contributed by atoms with van der Waals surface area (Å²) >= 11 is 0. The Morgan fingerprint density at radius 2 is 1.46 bits per heavy atom. The molecule has 0 unspecified atom stereocenters. The van der Waals surface area contributed by atoms with Crippen LogP contribution in [-0.4, -0.2) is 11.6 Å². The van der Waals surface area contributed by atoms with Crippen LogP contribution >= 0.6 is 0 Å². The first-order valence-corrected chi connectivity index (χ1v) is 9.90. The van der Waals surface area contributed by atoms with E-state index in [1.54, 1.807) is 20.8 Å². The molecular weight excluding hydrogens is 320 g/mol. The Morgan fingerprint density at radius 3 is 2.08 bits per heavy atom. The van der Waals surface area contributed by atoms with E-state index in [-0.39, 0.29) is 11.6 Å². The largest absolute Gasteiger partial charge is 0.289 e. The van der Waals surface area contributed by atoms with Crippen LogP contribution in [0.5, 0.6) is 0 Å². The first kappa shape index (κ1) is 22.3. The van der Waals surface area contributed by atoms with Crippen molar-refractivity contribution in [2.24, 2.45) is 5.92 Å². The molecule has 0 saturated heterocycles. The van der Waals surface area contributed by atoms with Gasteiger partial charge in [0.25, 0.3) is 0 Å². The molecule has 0 bridgehead atoms. The summed E-state index contributed by atoms with van der Waals surface area (Å²) in [7, 11) is 0. The number of ketones is 2. The lowest BCUT2D eigenvalue weighted by molar-refractivity contribution is -0.116.